The number of nitrogens with two attached hydrogens (primary N) is 1. The van der Waals surface area contributed by atoms with Crippen molar-refractivity contribution >= 4 is 17.3 Å². The second-order valence-corrected chi connectivity index (χ2v) is 8.53. The minimum Gasteiger partial charge on any atom is -0.463 e. The van der Waals surface area contributed by atoms with Crippen molar-refractivity contribution in [1.29, 1.82) is 5.26 Å². The van der Waals surface area contributed by atoms with Gasteiger partial charge in [0.1, 0.15) is 42.8 Å². The van der Waals surface area contributed by atoms with E-state index in [0.29, 0.717) is 11.2 Å². The standard InChI is InChI=1S/C23H23N5O5/c1-22(2)32-19-16(11-30-18(29)10-14-6-4-3-5-7-14)31-23(12-24,20(19)33-22)17-9-8-15-21(25)26-13-27-28(15)17/h3-9,13,16,19-20H,10-11H2,1-2H3,(H2,25,26,27)/t16-,19-,20-,23+/m1/s1. The summed E-state index contributed by atoms with van der Waals surface area (Å²) >= 11 is 0. The van der Waals surface area contributed by atoms with Crippen LogP contribution in [0.4, 0.5) is 5.82 Å². The average Bonchev–Trinajstić information content (AvgIpc) is 3.44. The summed E-state index contributed by atoms with van der Waals surface area (Å²) in [4.78, 5) is 16.4. The number of nitriles is 1. The van der Waals surface area contributed by atoms with Gasteiger partial charge in [0.25, 0.3) is 0 Å². The summed E-state index contributed by atoms with van der Waals surface area (Å²) in [7, 11) is 0. The number of carbonyl (C=O) groups is 1. The van der Waals surface area contributed by atoms with Gasteiger partial charge in [-0.3, -0.25) is 4.79 Å². The number of benzene rings is 1. The van der Waals surface area contributed by atoms with Crippen molar-refractivity contribution in [2.24, 2.45) is 0 Å². The lowest BCUT2D eigenvalue weighted by atomic mass is 9.92. The number of rotatable bonds is 5. The van der Waals surface area contributed by atoms with Gasteiger partial charge in [-0.2, -0.15) is 10.4 Å². The normalized spacial score (nSPS) is 27.8. The van der Waals surface area contributed by atoms with Crippen LogP contribution in [0.25, 0.3) is 5.52 Å². The summed E-state index contributed by atoms with van der Waals surface area (Å²) in [6.07, 6.45) is -0.686. The zero-order chi connectivity index (χ0) is 23.2. The molecule has 0 saturated carbocycles. The molecule has 2 fully saturated rings. The number of nitrogens with zero attached hydrogens (tertiary/aromatic N) is 4. The van der Waals surface area contributed by atoms with Crippen molar-refractivity contribution in [3.8, 4) is 6.07 Å². The number of hydrogen-bond acceptors (Lipinski definition) is 9. The molecule has 4 heterocycles. The quantitative estimate of drug-likeness (QED) is 0.578. The maximum Gasteiger partial charge on any atom is 0.310 e. The highest BCUT2D eigenvalue weighted by molar-refractivity contribution is 5.72. The molecule has 0 bridgehead atoms. The molecule has 10 heteroatoms. The molecule has 10 nitrogen and oxygen atoms in total. The van der Waals surface area contributed by atoms with Crippen LogP contribution in [0.1, 0.15) is 25.1 Å². The Morgan fingerprint density at radius 2 is 2.00 bits per heavy atom. The third kappa shape index (κ3) is 3.60. The molecule has 4 atom stereocenters. The molecule has 2 aliphatic heterocycles. The Bertz CT molecular complexity index is 1240. The van der Waals surface area contributed by atoms with Gasteiger partial charge in [0.2, 0.25) is 5.60 Å². The molecular formula is C23H23N5O5. The fourth-order valence-electron chi connectivity index (χ4n) is 4.45. The van der Waals surface area contributed by atoms with E-state index in [-0.39, 0.29) is 18.8 Å². The smallest absolute Gasteiger partial charge is 0.310 e. The molecule has 3 aromatic rings. The van der Waals surface area contributed by atoms with Gasteiger partial charge >= 0.3 is 5.97 Å². The monoisotopic (exact) mass is 449 g/mol. The molecule has 5 rings (SSSR count). The van der Waals surface area contributed by atoms with Crippen LogP contribution >= 0.6 is 0 Å². The van der Waals surface area contributed by atoms with E-state index >= 15 is 0 Å². The zero-order valence-electron chi connectivity index (χ0n) is 18.2. The second-order valence-electron chi connectivity index (χ2n) is 8.53. The van der Waals surface area contributed by atoms with E-state index < -0.39 is 35.7 Å². The Morgan fingerprint density at radius 1 is 1.21 bits per heavy atom. The third-order valence-electron chi connectivity index (χ3n) is 5.86. The maximum atomic E-state index is 12.4. The summed E-state index contributed by atoms with van der Waals surface area (Å²) < 4.78 is 25.5. The topological polar surface area (TPSA) is 134 Å². The van der Waals surface area contributed by atoms with Crippen molar-refractivity contribution in [1.82, 2.24) is 14.6 Å². The summed E-state index contributed by atoms with van der Waals surface area (Å²) in [5.41, 5.74) is 6.23. The van der Waals surface area contributed by atoms with E-state index in [2.05, 4.69) is 16.2 Å². The summed E-state index contributed by atoms with van der Waals surface area (Å²) in [5.74, 6) is -1.08. The van der Waals surface area contributed by atoms with Gasteiger partial charge in [-0.05, 0) is 31.5 Å². The van der Waals surface area contributed by atoms with Gasteiger partial charge in [0.15, 0.2) is 11.6 Å². The molecule has 2 aliphatic rings. The minimum atomic E-state index is -1.55. The van der Waals surface area contributed by atoms with Crippen LogP contribution in [0.15, 0.2) is 48.8 Å². The largest absolute Gasteiger partial charge is 0.463 e. The number of carbonyl (C=O) groups excluding carboxylic acids is 1. The van der Waals surface area contributed by atoms with Crippen LogP contribution < -0.4 is 5.73 Å². The first-order valence-electron chi connectivity index (χ1n) is 10.6. The Hall–Kier alpha value is -3.52. The van der Waals surface area contributed by atoms with Crippen LogP contribution in [0.5, 0.6) is 0 Å². The van der Waals surface area contributed by atoms with Gasteiger partial charge in [-0.1, -0.05) is 30.3 Å². The minimum absolute atomic E-state index is 0.0872. The van der Waals surface area contributed by atoms with Gasteiger partial charge < -0.3 is 24.7 Å². The van der Waals surface area contributed by atoms with Crippen molar-refractivity contribution in [3.05, 3.63) is 60.0 Å². The molecule has 2 N–H and O–H groups in total. The average molecular weight is 449 g/mol. The Morgan fingerprint density at radius 3 is 2.76 bits per heavy atom. The zero-order valence-corrected chi connectivity index (χ0v) is 18.2. The van der Waals surface area contributed by atoms with Crippen molar-refractivity contribution in [2.45, 2.75) is 50.0 Å². The van der Waals surface area contributed by atoms with Crippen molar-refractivity contribution in [2.75, 3.05) is 12.3 Å². The maximum absolute atomic E-state index is 12.4. The molecule has 170 valence electrons. The second kappa shape index (κ2) is 7.81. The molecule has 0 unspecified atom stereocenters. The summed E-state index contributed by atoms with van der Waals surface area (Å²) in [5, 5.41) is 14.6. The van der Waals surface area contributed by atoms with Gasteiger partial charge in [0.05, 0.1) is 12.1 Å². The molecule has 1 aromatic carbocycles. The first-order chi connectivity index (χ1) is 15.8. The third-order valence-corrected chi connectivity index (χ3v) is 5.86. The number of aromatic nitrogens is 3. The molecular weight excluding hydrogens is 426 g/mol. The van der Waals surface area contributed by atoms with Crippen LogP contribution in [-0.4, -0.2) is 51.3 Å². The molecule has 0 spiro atoms. The Balaban J connectivity index is 1.43. The first kappa shape index (κ1) is 21.3. The molecule has 2 aromatic heterocycles. The number of nitrogen functional groups attached to an aromatic ring is 1. The van der Waals surface area contributed by atoms with Gasteiger partial charge in [0, 0.05) is 0 Å². The highest BCUT2D eigenvalue weighted by atomic mass is 16.8. The van der Waals surface area contributed by atoms with E-state index in [1.54, 1.807) is 26.0 Å². The number of hydrogen-bond donors (Lipinski definition) is 1. The fourth-order valence-corrected chi connectivity index (χ4v) is 4.45. The van der Waals surface area contributed by atoms with Crippen LogP contribution in [0, 0.1) is 11.3 Å². The van der Waals surface area contributed by atoms with E-state index in [9.17, 15) is 10.1 Å². The van der Waals surface area contributed by atoms with Crippen LogP contribution in [0.3, 0.4) is 0 Å². The highest BCUT2D eigenvalue weighted by Crippen LogP contribution is 2.49. The highest BCUT2D eigenvalue weighted by Gasteiger charge is 2.65. The number of anilines is 1. The number of fused-ring (bicyclic) bond motifs is 2. The first-order valence-corrected chi connectivity index (χ1v) is 10.6. The Kier molecular flexibility index (Phi) is 5.05. The van der Waals surface area contributed by atoms with E-state index in [1.165, 1.54) is 10.8 Å². The SMILES string of the molecule is CC1(C)O[C@H]2[C@@H](O1)[C@](C#N)(c1ccc3c(N)ncnn13)O[C@@H]2COC(=O)Cc1ccccc1. The lowest BCUT2D eigenvalue weighted by molar-refractivity contribution is -0.206. The van der Waals surface area contributed by atoms with Gasteiger partial charge in [-0.15, -0.1) is 0 Å². The molecule has 2 saturated heterocycles. The predicted molar refractivity (Wildman–Crippen MR) is 114 cm³/mol. The summed E-state index contributed by atoms with van der Waals surface area (Å²) in [6.45, 7) is 3.45. The predicted octanol–water partition coefficient (Wildman–Crippen LogP) is 1.74. The Labute approximate surface area is 189 Å². The van der Waals surface area contributed by atoms with Crippen LogP contribution in [-0.2, 0) is 35.8 Å². The summed E-state index contributed by atoms with van der Waals surface area (Å²) in [6, 6.07) is 15.0. The molecule has 0 aliphatic carbocycles. The van der Waals surface area contributed by atoms with Gasteiger partial charge in [-0.25, -0.2) is 9.50 Å². The van der Waals surface area contributed by atoms with E-state index in [4.69, 9.17) is 24.7 Å². The fraction of sp³-hybridized carbons (Fsp3) is 0.391. The van der Waals surface area contributed by atoms with E-state index in [1.807, 2.05) is 30.3 Å². The van der Waals surface area contributed by atoms with Crippen LogP contribution in [0.2, 0.25) is 0 Å². The van der Waals surface area contributed by atoms with Crippen molar-refractivity contribution < 1.29 is 23.7 Å². The number of esters is 1. The lowest BCUT2D eigenvalue weighted by Gasteiger charge is -2.28. The van der Waals surface area contributed by atoms with E-state index in [0.717, 1.165) is 5.56 Å². The van der Waals surface area contributed by atoms with Crippen molar-refractivity contribution in [3.63, 3.8) is 0 Å². The lowest BCUT2D eigenvalue weighted by Crippen LogP contribution is -2.40. The molecule has 33 heavy (non-hydrogen) atoms. The number of ether oxygens (including phenoxy) is 4. The molecule has 0 radical (unpaired) electrons. The molecule has 0 amide bonds.